The summed E-state index contributed by atoms with van der Waals surface area (Å²) in [7, 11) is 1.48. The molecule has 2 fully saturated rings. The molecule has 1 atom stereocenters. The minimum absolute atomic E-state index is 0.144. The summed E-state index contributed by atoms with van der Waals surface area (Å²) >= 11 is 0. The summed E-state index contributed by atoms with van der Waals surface area (Å²) in [5.74, 6) is 1.60. The van der Waals surface area contributed by atoms with Gasteiger partial charge in [0.1, 0.15) is 23.2 Å². The van der Waals surface area contributed by atoms with Crippen LogP contribution >= 0.6 is 0 Å². The lowest BCUT2D eigenvalue weighted by Crippen LogP contribution is -2.38. The predicted octanol–water partition coefficient (Wildman–Crippen LogP) is 4.57. The lowest BCUT2D eigenvalue weighted by molar-refractivity contribution is 0.0395. The third kappa shape index (κ3) is 5.33. The number of hydrogen-bond acceptors (Lipinski definition) is 6. The van der Waals surface area contributed by atoms with Crippen molar-refractivity contribution in [1.29, 1.82) is 0 Å². The van der Waals surface area contributed by atoms with Crippen molar-refractivity contribution in [3.05, 3.63) is 47.8 Å². The quantitative estimate of drug-likeness (QED) is 0.675. The van der Waals surface area contributed by atoms with Gasteiger partial charge < -0.3 is 24.2 Å². The number of carbonyl (C=O) groups is 1. The second-order valence-electron chi connectivity index (χ2n) is 8.89. The minimum atomic E-state index is -1.01. The molecule has 1 aromatic heterocycles. The largest absolute Gasteiger partial charge is 0.496 e. The minimum Gasteiger partial charge on any atom is -0.496 e. The molecule has 1 unspecified atom stereocenters. The summed E-state index contributed by atoms with van der Waals surface area (Å²) in [4.78, 5) is 18.0. The molecule has 0 bridgehead atoms. The van der Waals surface area contributed by atoms with Gasteiger partial charge in [-0.25, -0.2) is 4.79 Å². The fourth-order valence-corrected chi connectivity index (χ4v) is 4.54. The molecule has 0 spiro atoms. The number of aromatic carboxylic acids is 1. The van der Waals surface area contributed by atoms with Crippen LogP contribution in [0.3, 0.4) is 0 Å². The highest BCUT2D eigenvalue weighted by Gasteiger charge is 2.25. The van der Waals surface area contributed by atoms with Gasteiger partial charge in [-0.1, -0.05) is 25.8 Å². The van der Waals surface area contributed by atoms with Crippen LogP contribution in [-0.4, -0.2) is 49.5 Å². The summed E-state index contributed by atoms with van der Waals surface area (Å²) in [6, 6.07) is 7.17. The van der Waals surface area contributed by atoms with E-state index < -0.39 is 5.97 Å². The van der Waals surface area contributed by atoms with Crippen LogP contribution in [0, 0.1) is 11.8 Å². The van der Waals surface area contributed by atoms with Crippen molar-refractivity contribution in [1.82, 2.24) is 4.98 Å². The zero-order valence-corrected chi connectivity index (χ0v) is 18.8. The molecule has 1 aliphatic carbocycles. The van der Waals surface area contributed by atoms with Gasteiger partial charge in [0.15, 0.2) is 0 Å². The van der Waals surface area contributed by atoms with E-state index in [-0.39, 0.29) is 11.7 Å². The van der Waals surface area contributed by atoms with Gasteiger partial charge in [0.25, 0.3) is 0 Å². The molecule has 2 heterocycles. The van der Waals surface area contributed by atoms with Crippen molar-refractivity contribution in [2.75, 3.05) is 38.3 Å². The maximum atomic E-state index is 11.4. The van der Waals surface area contributed by atoms with Crippen molar-refractivity contribution in [2.45, 2.75) is 38.7 Å². The Labute approximate surface area is 189 Å². The van der Waals surface area contributed by atoms with Crippen molar-refractivity contribution in [2.24, 2.45) is 11.8 Å². The lowest BCUT2D eigenvalue weighted by Gasteiger charge is -2.35. The van der Waals surface area contributed by atoms with Crippen LogP contribution in [-0.2, 0) is 4.74 Å². The first kappa shape index (κ1) is 22.4. The molecule has 1 aliphatic heterocycles. The molecule has 1 aromatic carbocycles. The van der Waals surface area contributed by atoms with Gasteiger partial charge in [-0.2, -0.15) is 0 Å². The third-order valence-electron chi connectivity index (χ3n) is 6.58. The number of pyridine rings is 1. The molecule has 2 aliphatic rings. The average molecular weight is 441 g/mol. The molecule has 4 rings (SSSR count). The van der Waals surface area contributed by atoms with Crippen molar-refractivity contribution < 1.29 is 24.1 Å². The number of rotatable bonds is 7. The fraction of sp³-hybridized carbons (Fsp3) is 0.520. The number of carboxylic acid groups (broad SMARTS) is 1. The van der Waals surface area contributed by atoms with Gasteiger partial charge in [-0.3, -0.25) is 4.98 Å². The number of carboxylic acids is 1. The zero-order valence-electron chi connectivity index (χ0n) is 18.8. The zero-order chi connectivity index (χ0) is 22.5. The second kappa shape index (κ2) is 10.2. The van der Waals surface area contributed by atoms with Gasteiger partial charge in [-0.05, 0) is 42.4 Å². The molecule has 1 saturated heterocycles. The van der Waals surface area contributed by atoms with Crippen molar-refractivity contribution >= 4 is 11.7 Å². The van der Waals surface area contributed by atoms with E-state index in [2.05, 4.69) is 22.9 Å². The van der Waals surface area contributed by atoms with Crippen LogP contribution < -0.4 is 14.4 Å². The maximum Gasteiger partial charge on any atom is 0.339 e. The maximum absolute atomic E-state index is 11.4. The molecule has 0 amide bonds. The number of anilines is 1. The van der Waals surface area contributed by atoms with Crippen LogP contribution in [0.25, 0.3) is 0 Å². The van der Waals surface area contributed by atoms with E-state index in [0.29, 0.717) is 24.8 Å². The molecule has 1 N–H and O–H groups in total. The Morgan fingerprint density at radius 2 is 2.03 bits per heavy atom. The number of ether oxygens (including phenoxy) is 3. The summed E-state index contributed by atoms with van der Waals surface area (Å²) in [5, 5.41) is 9.31. The highest BCUT2D eigenvalue weighted by atomic mass is 16.5. The Morgan fingerprint density at radius 1 is 1.22 bits per heavy atom. The number of benzene rings is 1. The molecular formula is C25H32N2O5. The standard InChI is InChI=1S/C25H32N2O5/c1-17-3-5-18(6-4-17)16-32-21-12-20(13-26-14-21)27-9-10-31-24(15-27)19-7-8-22(25(28)29)23(11-19)30-2/h7-8,11-14,17-18,24H,3-6,9-10,15-16H2,1-2H3,(H,28,29)/t17-,18-,24?. The van der Waals surface area contributed by atoms with E-state index in [1.807, 2.05) is 6.20 Å². The van der Waals surface area contributed by atoms with E-state index in [0.717, 1.165) is 36.1 Å². The molecule has 1 saturated carbocycles. The van der Waals surface area contributed by atoms with Crippen LogP contribution in [0.2, 0.25) is 0 Å². The molecule has 172 valence electrons. The Hall–Kier alpha value is -2.80. The topological polar surface area (TPSA) is 81.1 Å². The number of aromatic nitrogens is 1. The normalized spacial score (nSPS) is 23.6. The first-order valence-electron chi connectivity index (χ1n) is 11.4. The monoisotopic (exact) mass is 440 g/mol. The van der Waals surface area contributed by atoms with Crippen LogP contribution in [0.1, 0.15) is 54.6 Å². The van der Waals surface area contributed by atoms with E-state index in [1.54, 1.807) is 24.4 Å². The number of hydrogen-bond donors (Lipinski definition) is 1. The number of nitrogens with zero attached hydrogens (tertiary/aromatic N) is 2. The summed E-state index contributed by atoms with van der Waals surface area (Å²) < 4.78 is 17.4. The second-order valence-corrected chi connectivity index (χ2v) is 8.89. The summed E-state index contributed by atoms with van der Waals surface area (Å²) in [6.45, 7) is 5.04. The molecule has 7 heteroatoms. The van der Waals surface area contributed by atoms with Gasteiger partial charge in [-0.15, -0.1) is 0 Å². The lowest BCUT2D eigenvalue weighted by atomic mass is 9.83. The average Bonchev–Trinajstić information content (AvgIpc) is 2.83. The number of methoxy groups -OCH3 is 1. The Morgan fingerprint density at radius 3 is 2.78 bits per heavy atom. The third-order valence-corrected chi connectivity index (χ3v) is 6.58. The highest BCUT2D eigenvalue weighted by Crippen LogP contribution is 2.32. The Bertz CT molecular complexity index is 926. The van der Waals surface area contributed by atoms with Crippen LogP contribution in [0.5, 0.6) is 11.5 Å². The molecule has 0 radical (unpaired) electrons. The summed E-state index contributed by atoms with van der Waals surface area (Å²) in [5.41, 5.74) is 2.04. The van der Waals surface area contributed by atoms with Gasteiger partial charge >= 0.3 is 5.97 Å². The fourth-order valence-electron chi connectivity index (χ4n) is 4.54. The highest BCUT2D eigenvalue weighted by molar-refractivity contribution is 5.91. The SMILES string of the molecule is COc1cc(C2CN(c3cncc(OC[C@H]4CC[C@H](C)CC4)c3)CCO2)ccc1C(=O)O. The molecule has 2 aromatic rings. The van der Waals surface area contributed by atoms with Gasteiger partial charge in [0.05, 0.1) is 38.4 Å². The molecule has 32 heavy (non-hydrogen) atoms. The molecular weight excluding hydrogens is 408 g/mol. The van der Waals surface area contributed by atoms with Crippen molar-refractivity contribution in [3.63, 3.8) is 0 Å². The van der Waals surface area contributed by atoms with E-state index in [9.17, 15) is 9.90 Å². The number of morpholine rings is 1. The Balaban J connectivity index is 1.41. The summed E-state index contributed by atoms with van der Waals surface area (Å²) in [6.07, 6.45) is 8.51. The first-order chi connectivity index (χ1) is 15.5. The van der Waals surface area contributed by atoms with E-state index in [4.69, 9.17) is 14.2 Å². The van der Waals surface area contributed by atoms with E-state index >= 15 is 0 Å². The predicted molar refractivity (Wildman–Crippen MR) is 122 cm³/mol. The Kier molecular flexibility index (Phi) is 7.15. The van der Waals surface area contributed by atoms with Gasteiger partial charge in [0, 0.05) is 19.2 Å². The van der Waals surface area contributed by atoms with Gasteiger partial charge in [0.2, 0.25) is 0 Å². The van der Waals surface area contributed by atoms with Crippen LogP contribution in [0.15, 0.2) is 36.7 Å². The molecule has 7 nitrogen and oxygen atoms in total. The van der Waals surface area contributed by atoms with Crippen LogP contribution in [0.4, 0.5) is 5.69 Å². The van der Waals surface area contributed by atoms with Crippen molar-refractivity contribution in [3.8, 4) is 11.5 Å². The first-order valence-corrected chi connectivity index (χ1v) is 11.4. The smallest absolute Gasteiger partial charge is 0.339 e. The van der Waals surface area contributed by atoms with E-state index in [1.165, 1.54) is 32.8 Å².